The van der Waals surface area contributed by atoms with Crippen LogP contribution in [-0.2, 0) is 17.4 Å². The van der Waals surface area contributed by atoms with E-state index in [2.05, 4.69) is 9.97 Å². The third-order valence-electron chi connectivity index (χ3n) is 6.75. The fourth-order valence-corrected chi connectivity index (χ4v) is 4.57. The Bertz CT molecular complexity index is 1580. The number of carbonyl (C=O) groups is 2. The maximum atomic E-state index is 14.0. The van der Waals surface area contributed by atoms with Crippen LogP contribution >= 0.6 is 0 Å². The summed E-state index contributed by atoms with van der Waals surface area (Å²) in [6.45, 7) is 0.962. The normalized spacial score (nSPS) is 14.6. The van der Waals surface area contributed by atoms with Crippen molar-refractivity contribution in [3.63, 3.8) is 0 Å². The van der Waals surface area contributed by atoms with Gasteiger partial charge in [0.15, 0.2) is 11.8 Å². The summed E-state index contributed by atoms with van der Waals surface area (Å²) in [6, 6.07) is 13.6. The Morgan fingerprint density at radius 2 is 1.69 bits per heavy atom. The molecule has 1 aliphatic rings. The molecule has 4 aromatic rings. The Morgan fingerprint density at radius 3 is 2.33 bits per heavy atom. The van der Waals surface area contributed by atoms with Gasteiger partial charge in [-0.2, -0.15) is 13.2 Å². The van der Waals surface area contributed by atoms with Crippen molar-refractivity contribution in [3.05, 3.63) is 101 Å². The molecule has 0 radical (unpaired) electrons. The first kappa shape index (κ1) is 28.9. The molecule has 218 valence electrons. The van der Waals surface area contributed by atoms with Crippen molar-refractivity contribution in [3.8, 4) is 11.5 Å². The Labute approximate surface area is 236 Å². The van der Waals surface area contributed by atoms with Crippen LogP contribution in [0.3, 0.4) is 0 Å². The van der Waals surface area contributed by atoms with Crippen molar-refractivity contribution >= 4 is 17.5 Å². The van der Waals surface area contributed by atoms with Gasteiger partial charge in [0.25, 0.3) is 5.91 Å². The van der Waals surface area contributed by atoms with Crippen molar-refractivity contribution < 1.29 is 41.1 Å². The van der Waals surface area contributed by atoms with Gasteiger partial charge in [-0.15, -0.1) is 0 Å². The van der Waals surface area contributed by atoms with Crippen LogP contribution in [-0.4, -0.2) is 57.8 Å². The lowest BCUT2D eigenvalue weighted by Gasteiger charge is -2.36. The summed E-state index contributed by atoms with van der Waals surface area (Å²) >= 11 is 0. The van der Waals surface area contributed by atoms with E-state index in [-0.39, 0.29) is 19.0 Å². The smallest absolute Gasteiger partial charge is 0.432 e. The highest BCUT2D eigenvalue weighted by atomic mass is 19.4. The number of piperazine rings is 1. The first-order valence-corrected chi connectivity index (χ1v) is 12.8. The molecular weight excluding hydrogens is 563 g/mol. The van der Waals surface area contributed by atoms with Crippen LogP contribution in [0.2, 0.25) is 0 Å². The second-order valence-corrected chi connectivity index (χ2v) is 9.57. The van der Waals surface area contributed by atoms with Gasteiger partial charge in [0, 0.05) is 49.9 Å². The number of Topliss-reactive ketones (excluding diaryl/α,β-unsaturated/α-hetero) is 1. The maximum absolute atomic E-state index is 14.0. The summed E-state index contributed by atoms with van der Waals surface area (Å²) in [5, 5.41) is 10.3. The molecule has 0 saturated carbocycles. The minimum atomic E-state index is -4.89. The number of carbonyl (C=O) groups excluding carboxylic acids is 2. The zero-order valence-corrected chi connectivity index (χ0v) is 21.8. The zero-order chi connectivity index (χ0) is 30.0. The molecule has 3 heterocycles. The topological polar surface area (TPSA) is 99.8 Å². The fourth-order valence-electron chi connectivity index (χ4n) is 4.57. The van der Waals surface area contributed by atoms with E-state index in [0.29, 0.717) is 30.0 Å². The van der Waals surface area contributed by atoms with Crippen LogP contribution < -0.4 is 4.90 Å². The molecule has 1 saturated heterocycles. The van der Waals surface area contributed by atoms with Crippen molar-refractivity contribution in [2.24, 2.45) is 0 Å². The molecule has 1 atom stereocenters. The molecular formula is C29H23F5N4O4. The molecule has 13 heteroatoms. The molecule has 0 aliphatic carbocycles. The summed E-state index contributed by atoms with van der Waals surface area (Å²) in [4.78, 5) is 36.5. The number of alkyl halides is 3. The molecule has 5 rings (SSSR count). The number of nitrogens with zero attached hydrogens (tertiary/aromatic N) is 4. The highest BCUT2D eigenvalue weighted by Crippen LogP contribution is 2.35. The number of aromatic nitrogens is 2. The Hall–Kier alpha value is -4.65. The molecule has 1 unspecified atom stereocenters. The first-order valence-electron chi connectivity index (χ1n) is 12.8. The average molecular weight is 587 g/mol. The van der Waals surface area contributed by atoms with Crippen LogP contribution in [0.4, 0.5) is 27.8 Å². The van der Waals surface area contributed by atoms with Gasteiger partial charge in [0.1, 0.15) is 17.5 Å². The predicted octanol–water partition coefficient (Wildman–Crippen LogP) is 4.84. The van der Waals surface area contributed by atoms with E-state index in [4.69, 9.17) is 4.42 Å². The molecule has 2 aromatic heterocycles. The molecule has 1 N–H and O–H groups in total. The SMILES string of the molecule is O=C(Cc1ccc(N2CCN(C(=O)C(O)c3cc(F)ccc3F)CC2)nc1)c1oc(-c2ccccc2)nc1C(F)(F)F. The highest BCUT2D eigenvalue weighted by molar-refractivity contribution is 5.96. The lowest BCUT2D eigenvalue weighted by molar-refractivity contribution is -0.142. The van der Waals surface area contributed by atoms with Gasteiger partial charge in [0.2, 0.25) is 17.4 Å². The van der Waals surface area contributed by atoms with E-state index < -0.39 is 59.0 Å². The molecule has 42 heavy (non-hydrogen) atoms. The van der Waals surface area contributed by atoms with Gasteiger partial charge >= 0.3 is 6.18 Å². The molecule has 8 nitrogen and oxygen atoms in total. The number of hydrogen-bond acceptors (Lipinski definition) is 7. The zero-order valence-electron chi connectivity index (χ0n) is 21.8. The number of aliphatic hydroxyl groups is 1. The van der Waals surface area contributed by atoms with Crippen molar-refractivity contribution in [2.45, 2.75) is 18.7 Å². The van der Waals surface area contributed by atoms with E-state index in [1.165, 1.54) is 23.2 Å². The second kappa shape index (κ2) is 11.7. The quantitative estimate of drug-likeness (QED) is 0.244. The lowest BCUT2D eigenvalue weighted by Crippen LogP contribution is -2.50. The molecule has 1 aliphatic heterocycles. The molecule has 1 fully saturated rings. The number of halogens is 5. The standard InChI is InChI=1S/C29H23F5N4O4/c30-19-7-8-21(31)20(15-19)24(40)28(41)38-12-10-37(11-13-38)23-9-6-17(16-35-23)14-22(39)25-26(29(32,33)34)36-27(42-25)18-4-2-1-3-5-18/h1-9,15-16,24,40H,10-14H2. The summed E-state index contributed by atoms with van der Waals surface area (Å²) in [5.74, 6) is -4.05. The maximum Gasteiger partial charge on any atom is 0.437 e. The average Bonchev–Trinajstić information content (AvgIpc) is 3.46. The highest BCUT2D eigenvalue weighted by Gasteiger charge is 2.41. The number of pyridine rings is 1. The number of aliphatic hydroxyl groups excluding tert-OH is 1. The third kappa shape index (κ3) is 6.15. The van der Waals surface area contributed by atoms with Crippen molar-refractivity contribution in [2.75, 3.05) is 31.1 Å². The second-order valence-electron chi connectivity index (χ2n) is 9.57. The lowest BCUT2D eigenvalue weighted by atomic mass is 10.1. The molecule has 0 spiro atoms. The van der Waals surface area contributed by atoms with Crippen LogP contribution in [0.1, 0.15) is 33.5 Å². The van der Waals surface area contributed by atoms with Crippen LogP contribution in [0.15, 0.2) is 71.3 Å². The van der Waals surface area contributed by atoms with E-state index in [1.54, 1.807) is 30.3 Å². The van der Waals surface area contributed by atoms with E-state index >= 15 is 0 Å². The van der Waals surface area contributed by atoms with Gasteiger partial charge in [-0.3, -0.25) is 9.59 Å². The number of oxazole rings is 1. The van der Waals surface area contributed by atoms with E-state index in [1.807, 2.05) is 4.90 Å². The fraction of sp³-hybridized carbons (Fsp3) is 0.241. The minimum Gasteiger partial charge on any atom is -0.432 e. The summed E-state index contributed by atoms with van der Waals surface area (Å²) in [7, 11) is 0. The first-order chi connectivity index (χ1) is 20.0. The summed E-state index contributed by atoms with van der Waals surface area (Å²) in [5.41, 5.74) is -1.19. The third-order valence-corrected chi connectivity index (χ3v) is 6.75. The monoisotopic (exact) mass is 586 g/mol. The number of ketones is 1. The van der Waals surface area contributed by atoms with Crippen LogP contribution in [0, 0.1) is 11.6 Å². The molecule has 0 bridgehead atoms. The van der Waals surface area contributed by atoms with Gasteiger partial charge in [0.05, 0.1) is 0 Å². The van der Waals surface area contributed by atoms with Crippen LogP contribution in [0.5, 0.6) is 0 Å². The Morgan fingerprint density at radius 1 is 0.976 bits per heavy atom. The number of anilines is 1. The summed E-state index contributed by atoms with van der Waals surface area (Å²) in [6.07, 6.45) is -5.79. The number of amides is 1. The number of benzene rings is 2. The van der Waals surface area contributed by atoms with Gasteiger partial charge in [-0.05, 0) is 42.0 Å². The van der Waals surface area contributed by atoms with Gasteiger partial charge in [-0.1, -0.05) is 24.3 Å². The van der Waals surface area contributed by atoms with Crippen molar-refractivity contribution in [1.29, 1.82) is 0 Å². The molecule has 2 aromatic carbocycles. The minimum absolute atomic E-state index is 0.171. The Kier molecular flexibility index (Phi) is 8.03. The predicted molar refractivity (Wildman–Crippen MR) is 139 cm³/mol. The number of hydrogen-bond donors (Lipinski definition) is 1. The largest absolute Gasteiger partial charge is 0.437 e. The van der Waals surface area contributed by atoms with E-state index in [9.17, 15) is 36.6 Å². The summed E-state index contributed by atoms with van der Waals surface area (Å²) < 4.78 is 73.6. The van der Waals surface area contributed by atoms with Crippen molar-refractivity contribution in [1.82, 2.24) is 14.9 Å². The van der Waals surface area contributed by atoms with E-state index in [0.717, 1.165) is 18.2 Å². The van der Waals surface area contributed by atoms with Crippen LogP contribution in [0.25, 0.3) is 11.5 Å². The molecule has 1 amide bonds. The number of rotatable bonds is 7. The van der Waals surface area contributed by atoms with Gasteiger partial charge in [-0.25, -0.2) is 18.7 Å². The van der Waals surface area contributed by atoms with Gasteiger partial charge < -0.3 is 19.3 Å². The Balaban J connectivity index is 1.22.